The maximum absolute atomic E-state index is 11.9. The number of aliphatic hydroxyl groups is 2. The van der Waals surface area contributed by atoms with Gasteiger partial charge in [0.2, 0.25) is 5.95 Å². The summed E-state index contributed by atoms with van der Waals surface area (Å²) in [5.41, 5.74) is 4.32. The molecule has 108 valence electrons. The fraction of sp³-hybridized carbons (Fsp3) is 0.500. The Morgan fingerprint density at radius 1 is 1.45 bits per heavy atom. The molecule has 0 amide bonds. The molecule has 3 heterocycles. The van der Waals surface area contributed by atoms with Crippen LogP contribution in [0.1, 0.15) is 12.6 Å². The molecule has 2 aromatic heterocycles. The molecular weight excluding hydrogens is 270 g/mol. The Labute approximate surface area is 110 Å². The summed E-state index contributed by atoms with van der Waals surface area (Å²) in [6, 6.07) is 0. The first kappa shape index (κ1) is 12.8. The molecule has 3 atom stereocenters. The van der Waals surface area contributed by atoms with Crippen LogP contribution in [0.4, 0.5) is 5.95 Å². The van der Waals surface area contributed by atoms with E-state index in [0.717, 1.165) is 4.57 Å². The molecule has 1 fully saturated rings. The molecule has 0 saturated carbocycles. The Kier molecular flexibility index (Phi) is 2.85. The number of nitrogens with zero attached hydrogens (tertiary/aromatic N) is 2. The van der Waals surface area contributed by atoms with Crippen LogP contribution in [-0.4, -0.2) is 48.5 Å². The summed E-state index contributed by atoms with van der Waals surface area (Å²) >= 11 is 0. The van der Waals surface area contributed by atoms with Gasteiger partial charge < -0.3 is 20.7 Å². The van der Waals surface area contributed by atoms with E-state index in [2.05, 4.69) is 15.0 Å². The summed E-state index contributed by atoms with van der Waals surface area (Å²) in [7, 11) is 0. The van der Waals surface area contributed by atoms with Gasteiger partial charge in [-0.2, -0.15) is 4.98 Å². The van der Waals surface area contributed by atoms with Crippen LogP contribution in [0.5, 0.6) is 0 Å². The van der Waals surface area contributed by atoms with Crippen molar-refractivity contribution in [1.29, 1.82) is 0 Å². The maximum atomic E-state index is 11.9. The smallest absolute Gasteiger partial charge is 0.329 e. The second kappa shape index (κ2) is 4.44. The molecule has 1 aliphatic heterocycles. The zero-order valence-electron chi connectivity index (χ0n) is 10.2. The SMILES string of the molecule is Nc1nc2c([nH]c(=O)n2[C@H]2C[C@H](O)[C@H](CO)O2)c(=O)[nH]1. The number of hydrogen-bond acceptors (Lipinski definition) is 7. The monoisotopic (exact) mass is 283 g/mol. The molecule has 3 rings (SSSR count). The first-order valence-corrected chi connectivity index (χ1v) is 5.95. The second-order valence-electron chi connectivity index (χ2n) is 4.56. The van der Waals surface area contributed by atoms with Gasteiger partial charge in [0, 0.05) is 6.42 Å². The number of aromatic nitrogens is 4. The Morgan fingerprint density at radius 3 is 2.85 bits per heavy atom. The number of nitrogens with one attached hydrogen (secondary N) is 2. The Hall–Kier alpha value is -2.17. The van der Waals surface area contributed by atoms with Crippen molar-refractivity contribution in [3.8, 4) is 0 Å². The number of anilines is 1. The minimum Gasteiger partial charge on any atom is -0.394 e. The predicted octanol–water partition coefficient (Wildman–Crippen LogP) is -2.36. The van der Waals surface area contributed by atoms with Crippen LogP contribution >= 0.6 is 0 Å². The minimum atomic E-state index is -0.902. The molecule has 10 nitrogen and oxygen atoms in total. The first-order chi connectivity index (χ1) is 9.51. The number of aromatic amines is 2. The normalized spacial score (nSPS) is 26.4. The van der Waals surface area contributed by atoms with Crippen molar-refractivity contribution >= 4 is 17.1 Å². The van der Waals surface area contributed by atoms with E-state index >= 15 is 0 Å². The second-order valence-corrected chi connectivity index (χ2v) is 4.56. The summed E-state index contributed by atoms with van der Waals surface area (Å²) in [4.78, 5) is 32.2. The van der Waals surface area contributed by atoms with Crippen LogP contribution in [0.2, 0.25) is 0 Å². The summed E-state index contributed by atoms with van der Waals surface area (Å²) < 4.78 is 6.50. The van der Waals surface area contributed by atoms with Crippen molar-refractivity contribution in [2.75, 3.05) is 12.3 Å². The molecule has 10 heteroatoms. The first-order valence-electron chi connectivity index (χ1n) is 5.95. The molecule has 0 aromatic carbocycles. The topological polar surface area (TPSA) is 159 Å². The van der Waals surface area contributed by atoms with Crippen LogP contribution in [-0.2, 0) is 4.74 Å². The van der Waals surface area contributed by atoms with E-state index in [1.807, 2.05) is 0 Å². The van der Waals surface area contributed by atoms with Gasteiger partial charge in [0.15, 0.2) is 11.2 Å². The van der Waals surface area contributed by atoms with Gasteiger partial charge in [-0.15, -0.1) is 0 Å². The molecule has 2 aromatic rings. The highest BCUT2D eigenvalue weighted by Gasteiger charge is 2.36. The number of fused-ring (bicyclic) bond motifs is 1. The zero-order chi connectivity index (χ0) is 14.4. The number of hydrogen-bond donors (Lipinski definition) is 5. The standard InChI is InChI=1S/C10H13N5O5/c11-9-13-7-6(8(18)14-9)12-10(19)15(7)5-1-3(17)4(2-16)20-5/h3-5,16-17H,1-2H2,(H,12,19)(H3,11,13,14,18)/t3-,4-,5+/m0/s1. The van der Waals surface area contributed by atoms with Crippen molar-refractivity contribution in [1.82, 2.24) is 19.5 Å². The van der Waals surface area contributed by atoms with Crippen LogP contribution in [0, 0.1) is 0 Å². The van der Waals surface area contributed by atoms with Crippen LogP contribution in [0.3, 0.4) is 0 Å². The van der Waals surface area contributed by atoms with Crippen LogP contribution in [0.25, 0.3) is 11.2 Å². The predicted molar refractivity (Wildman–Crippen MR) is 67.0 cm³/mol. The molecule has 1 aliphatic rings. The Morgan fingerprint density at radius 2 is 2.20 bits per heavy atom. The fourth-order valence-electron chi connectivity index (χ4n) is 2.33. The number of aliphatic hydroxyl groups excluding tert-OH is 2. The summed E-state index contributed by atoms with van der Waals surface area (Å²) in [5.74, 6) is -0.132. The van der Waals surface area contributed by atoms with Gasteiger partial charge in [-0.25, -0.2) is 9.36 Å². The molecule has 6 N–H and O–H groups in total. The highest BCUT2D eigenvalue weighted by Crippen LogP contribution is 2.28. The van der Waals surface area contributed by atoms with E-state index < -0.39 is 29.7 Å². The molecule has 0 spiro atoms. The Balaban J connectivity index is 2.15. The molecule has 0 aliphatic carbocycles. The van der Waals surface area contributed by atoms with E-state index in [4.69, 9.17) is 15.6 Å². The molecule has 1 saturated heterocycles. The summed E-state index contributed by atoms with van der Waals surface area (Å²) in [6.07, 6.45) is -2.40. The lowest BCUT2D eigenvalue weighted by Gasteiger charge is -2.12. The van der Waals surface area contributed by atoms with E-state index in [1.165, 1.54) is 0 Å². The zero-order valence-corrected chi connectivity index (χ0v) is 10.2. The van der Waals surface area contributed by atoms with E-state index in [-0.39, 0.29) is 30.1 Å². The molecule has 20 heavy (non-hydrogen) atoms. The lowest BCUT2D eigenvalue weighted by atomic mass is 10.2. The average Bonchev–Trinajstić information content (AvgIpc) is 2.89. The van der Waals surface area contributed by atoms with Gasteiger partial charge in [-0.05, 0) is 0 Å². The quantitative estimate of drug-likeness (QED) is 0.412. The third-order valence-corrected chi connectivity index (χ3v) is 3.27. The summed E-state index contributed by atoms with van der Waals surface area (Å²) in [6.45, 7) is -0.370. The van der Waals surface area contributed by atoms with E-state index in [9.17, 15) is 14.7 Å². The Bertz CT molecular complexity index is 761. The fourth-order valence-corrected chi connectivity index (χ4v) is 2.33. The number of ether oxygens (including phenoxy) is 1. The van der Waals surface area contributed by atoms with Crippen molar-refractivity contribution in [3.63, 3.8) is 0 Å². The lowest BCUT2D eigenvalue weighted by Crippen LogP contribution is -2.25. The number of nitrogens with two attached hydrogens (primary N) is 1. The number of rotatable bonds is 2. The molecule has 0 radical (unpaired) electrons. The maximum Gasteiger partial charge on any atom is 0.329 e. The third-order valence-electron chi connectivity index (χ3n) is 3.27. The summed E-state index contributed by atoms with van der Waals surface area (Å²) in [5, 5.41) is 18.8. The van der Waals surface area contributed by atoms with Gasteiger partial charge in [0.25, 0.3) is 5.56 Å². The molecule has 0 unspecified atom stereocenters. The number of nitrogen functional groups attached to an aromatic ring is 1. The third kappa shape index (κ3) is 1.81. The van der Waals surface area contributed by atoms with E-state index in [1.54, 1.807) is 0 Å². The van der Waals surface area contributed by atoms with E-state index in [0.29, 0.717) is 0 Å². The van der Waals surface area contributed by atoms with Crippen molar-refractivity contribution in [2.45, 2.75) is 24.9 Å². The number of H-pyrrole nitrogens is 2. The van der Waals surface area contributed by atoms with Gasteiger partial charge in [0.05, 0.1) is 12.7 Å². The van der Waals surface area contributed by atoms with Crippen molar-refractivity contribution in [3.05, 3.63) is 20.8 Å². The van der Waals surface area contributed by atoms with Crippen molar-refractivity contribution in [2.24, 2.45) is 0 Å². The number of imidazole rings is 1. The van der Waals surface area contributed by atoms with Gasteiger partial charge in [-0.3, -0.25) is 14.8 Å². The van der Waals surface area contributed by atoms with Gasteiger partial charge >= 0.3 is 5.69 Å². The lowest BCUT2D eigenvalue weighted by molar-refractivity contribution is -0.0441. The van der Waals surface area contributed by atoms with Crippen LogP contribution < -0.4 is 17.0 Å². The largest absolute Gasteiger partial charge is 0.394 e. The van der Waals surface area contributed by atoms with Gasteiger partial charge in [0.1, 0.15) is 12.3 Å². The average molecular weight is 283 g/mol. The van der Waals surface area contributed by atoms with Crippen LogP contribution in [0.15, 0.2) is 9.59 Å². The van der Waals surface area contributed by atoms with Gasteiger partial charge in [-0.1, -0.05) is 0 Å². The minimum absolute atomic E-state index is 0.0188. The van der Waals surface area contributed by atoms with Crippen molar-refractivity contribution < 1.29 is 14.9 Å². The molecular formula is C10H13N5O5. The molecule has 0 bridgehead atoms. The highest BCUT2D eigenvalue weighted by molar-refractivity contribution is 5.70. The highest BCUT2D eigenvalue weighted by atomic mass is 16.5.